The third-order valence-electron chi connectivity index (χ3n) is 3.19. The molecular weight excluding hydrogens is 224 g/mol. The van der Waals surface area contributed by atoms with E-state index in [1.165, 1.54) is 0 Å². The molecule has 0 heterocycles. The number of carbonyl (C=O) groups excluding carboxylic acids is 1. The maximum Gasteiger partial charge on any atom is 0.326 e. The predicted octanol–water partition coefficient (Wildman–Crippen LogP) is -0.544. The van der Waals surface area contributed by atoms with Crippen molar-refractivity contribution in [3.05, 3.63) is 0 Å². The molecule has 1 saturated carbocycles. The Balaban J connectivity index is 2.53. The average molecular weight is 244 g/mol. The number of carboxylic acids is 1. The van der Waals surface area contributed by atoms with E-state index >= 15 is 0 Å². The molecule has 1 rings (SSSR count). The number of amides is 1. The second kappa shape index (κ2) is 6.56. The van der Waals surface area contributed by atoms with Crippen LogP contribution in [0.5, 0.6) is 0 Å². The molecule has 6 nitrogen and oxygen atoms in total. The highest BCUT2D eigenvalue weighted by Crippen LogP contribution is 2.23. The SMILES string of the molecule is NC1CCCCC1C(=O)N[C@@H](CCO)C(=O)O. The van der Waals surface area contributed by atoms with Crippen LogP contribution in [0.15, 0.2) is 0 Å². The minimum absolute atomic E-state index is 0.0169. The van der Waals surface area contributed by atoms with Gasteiger partial charge in [-0.25, -0.2) is 4.79 Å². The van der Waals surface area contributed by atoms with Gasteiger partial charge in [-0.15, -0.1) is 0 Å². The van der Waals surface area contributed by atoms with Gasteiger partial charge in [-0.05, 0) is 12.8 Å². The summed E-state index contributed by atoms with van der Waals surface area (Å²) in [5, 5.41) is 20.0. The van der Waals surface area contributed by atoms with E-state index in [4.69, 9.17) is 15.9 Å². The molecule has 1 aliphatic carbocycles. The fourth-order valence-corrected chi connectivity index (χ4v) is 2.15. The van der Waals surface area contributed by atoms with Crippen LogP contribution < -0.4 is 11.1 Å². The first kappa shape index (κ1) is 13.9. The summed E-state index contributed by atoms with van der Waals surface area (Å²) in [5.74, 6) is -1.74. The summed E-state index contributed by atoms with van der Waals surface area (Å²) in [6.45, 7) is -0.270. The van der Waals surface area contributed by atoms with Crippen molar-refractivity contribution in [3.8, 4) is 0 Å². The molecule has 0 saturated heterocycles. The molecule has 1 aliphatic rings. The molecule has 0 aromatic carbocycles. The summed E-state index contributed by atoms with van der Waals surface area (Å²) >= 11 is 0. The molecule has 3 atom stereocenters. The number of aliphatic hydroxyl groups excluding tert-OH is 1. The van der Waals surface area contributed by atoms with E-state index in [0.29, 0.717) is 6.42 Å². The Morgan fingerprint density at radius 1 is 1.35 bits per heavy atom. The van der Waals surface area contributed by atoms with E-state index < -0.39 is 12.0 Å². The van der Waals surface area contributed by atoms with Crippen LogP contribution in [0.1, 0.15) is 32.1 Å². The third-order valence-corrected chi connectivity index (χ3v) is 3.19. The molecule has 98 valence electrons. The molecular formula is C11H20N2O4. The van der Waals surface area contributed by atoms with Crippen molar-refractivity contribution in [2.45, 2.75) is 44.2 Å². The van der Waals surface area contributed by atoms with Gasteiger partial charge in [-0.1, -0.05) is 12.8 Å². The van der Waals surface area contributed by atoms with Gasteiger partial charge in [0, 0.05) is 19.1 Å². The van der Waals surface area contributed by atoms with Crippen LogP contribution >= 0.6 is 0 Å². The Morgan fingerprint density at radius 3 is 2.53 bits per heavy atom. The number of nitrogens with one attached hydrogen (secondary N) is 1. The van der Waals surface area contributed by atoms with Crippen molar-refractivity contribution in [3.63, 3.8) is 0 Å². The summed E-state index contributed by atoms with van der Waals surface area (Å²) in [4.78, 5) is 22.7. The molecule has 2 unspecified atom stereocenters. The number of carbonyl (C=O) groups is 2. The zero-order chi connectivity index (χ0) is 12.8. The lowest BCUT2D eigenvalue weighted by molar-refractivity contribution is -0.143. The molecule has 0 aliphatic heterocycles. The van der Waals surface area contributed by atoms with Gasteiger partial charge in [0.25, 0.3) is 0 Å². The van der Waals surface area contributed by atoms with Crippen LogP contribution in [0, 0.1) is 5.92 Å². The highest BCUT2D eigenvalue weighted by Gasteiger charge is 2.30. The standard InChI is InChI=1S/C11H20N2O4/c12-8-4-2-1-3-7(8)10(15)13-9(5-6-14)11(16)17/h7-9,14H,1-6,12H2,(H,13,15)(H,16,17)/t7?,8?,9-/m0/s1. The van der Waals surface area contributed by atoms with E-state index in [1.54, 1.807) is 0 Å². The van der Waals surface area contributed by atoms with Crippen LogP contribution in [0.4, 0.5) is 0 Å². The highest BCUT2D eigenvalue weighted by molar-refractivity contribution is 5.85. The smallest absolute Gasteiger partial charge is 0.326 e. The van der Waals surface area contributed by atoms with Gasteiger partial charge in [0.1, 0.15) is 6.04 Å². The molecule has 1 fully saturated rings. The molecule has 0 aromatic rings. The molecule has 0 bridgehead atoms. The Kier molecular flexibility index (Phi) is 5.37. The fourth-order valence-electron chi connectivity index (χ4n) is 2.15. The number of hydrogen-bond donors (Lipinski definition) is 4. The van der Waals surface area contributed by atoms with Crippen LogP contribution in [0.25, 0.3) is 0 Å². The van der Waals surface area contributed by atoms with E-state index in [1.807, 2.05) is 0 Å². The molecule has 6 heteroatoms. The van der Waals surface area contributed by atoms with E-state index in [9.17, 15) is 9.59 Å². The number of aliphatic hydroxyl groups is 1. The topological polar surface area (TPSA) is 113 Å². The second-order valence-electron chi connectivity index (χ2n) is 4.47. The largest absolute Gasteiger partial charge is 0.480 e. The number of nitrogens with two attached hydrogens (primary N) is 1. The Morgan fingerprint density at radius 2 is 2.00 bits per heavy atom. The molecule has 17 heavy (non-hydrogen) atoms. The first-order valence-corrected chi connectivity index (χ1v) is 5.96. The lowest BCUT2D eigenvalue weighted by Gasteiger charge is -2.28. The minimum Gasteiger partial charge on any atom is -0.480 e. The highest BCUT2D eigenvalue weighted by atomic mass is 16.4. The average Bonchev–Trinajstić information content (AvgIpc) is 2.28. The van der Waals surface area contributed by atoms with Gasteiger partial charge in [-0.3, -0.25) is 4.79 Å². The van der Waals surface area contributed by atoms with Crippen molar-refractivity contribution >= 4 is 11.9 Å². The zero-order valence-electron chi connectivity index (χ0n) is 9.76. The van der Waals surface area contributed by atoms with Gasteiger partial charge in [0.05, 0.1) is 5.92 Å². The second-order valence-corrected chi connectivity index (χ2v) is 4.47. The summed E-state index contributed by atoms with van der Waals surface area (Å²) in [6, 6.07) is -1.21. The summed E-state index contributed by atoms with van der Waals surface area (Å²) in [7, 11) is 0. The van der Waals surface area contributed by atoms with Gasteiger partial charge in [0.15, 0.2) is 0 Å². The van der Waals surface area contributed by atoms with Crippen molar-refractivity contribution in [2.24, 2.45) is 11.7 Å². The lowest BCUT2D eigenvalue weighted by Crippen LogP contribution is -2.49. The first-order chi connectivity index (χ1) is 8.06. The Hall–Kier alpha value is -1.14. The van der Waals surface area contributed by atoms with Crippen molar-refractivity contribution < 1.29 is 19.8 Å². The summed E-state index contributed by atoms with van der Waals surface area (Å²) < 4.78 is 0. The minimum atomic E-state index is -1.13. The lowest BCUT2D eigenvalue weighted by atomic mass is 9.84. The quantitative estimate of drug-likeness (QED) is 0.518. The van der Waals surface area contributed by atoms with Gasteiger partial charge in [-0.2, -0.15) is 0 Å². The van der Waals surface area contributed by atoms with Gasteiger partial charge < -0.3 is 21.3 Å². The van der Waals surface area contributed by atoms with E-state index in [-0.39, 0.29) is 30.9 Å². The van der Waals surface area contributed by atoms with Crippen LogP contribution in [0.2, 0.25) is 0 Å². The van der Waals surface area contributed by atoms with Crippen LogP contribution in [0.3, 0.4) is 0 Å². The van der Waals surface area contributed by atoms with Crippen molar-refractivity contribution in [1.82, 2.24) is 5.32 Å². The zero-order valence-corrected chi connectivity index (χ0v) is 9.76. The number of aliphatic carboxylic acids is 1. The summed E-state index contributed by atoms with van der Waals surface area (Å²) in [5.41, 5.74) is 5.85. The fraction of sp³-hybridized carbons (Fsp3) is 0.818. The molecule has 0 spiro atoms. The Labute approximate surface area is 100 Å². The summed E-state index contributed by atoms with van der Waals surface area (Å²) in [6.07, 6.45) is 3.49. The third kappa shape index (κ3) is 3.98. The monoisotopic (exact) mass is 244 g/mol. The number of carboxylic acid groups (broad SMARTS) is 1. The van der Waals surface area contributed by atoms with E-state index in [2.05, 4.69) is 5.32 Å². The maximum absolute atomic E-state index is 11.9. The molecule has 1 amide bonds. The Bertz CT molecular complexity index is 283. The normalized spacial score (nSPS) is 26.2. The molecule has 0 radical (unpaired) electrons. The molecule has 5 N–H and O–H groups in total. The van der Waals surface area contributed by atoms with E-state index in [0.717, 1.165) is 19.3 Å². The van der Waals surface area contributed by atoms with Crippen molar-refractivity contribution in [2.75, 3.05) is 6.61 Å². The van der Waals surface area contributed by atoms with Gasteiger partial charge in [0.2, 0.25) is 5.91 Å². The van der Waals surface area contributed by atoms with Crippen molar-refractivity contribution in [1.29, 1.82) is 0 Å². The van der Waals surface area contributed by atoms with Crippen LogP contribution in [-0.4, -0.2) is 40.8 Å². The maximum atomic E-state index is 11.9. The molecule has 0 aromatic heterocycles. The van der Waals surface area contributed by atoms with Crippen LogP contribution in [-0.2, 0) is 9.59 Å². The number of hydrogen-bond acceptors (Lipinski definition) is 4. The van der Waals surface area contributed by atoms with Gasteiger partial charge >= 0.3 is 5.97 Å². The number of rotatable bonds is 5. The first-order valence-electron chi connectivity index (χ1n) is 5.96. The predicted molar refractivity (Wildman–Crippen MR) is 61.2 cm³/mol.